The molecule has 1 heterocycles. The molecular weight excluding hydrogens is 303 g/mol. The Kier molecular flexibility index (Phi) is 3.92. The number of rotatable bonds is 3. The van der Waals surface area contributed by atoms with Gasteiger partial charge in [0, 0.05) is 18.7 Å². The highest BCUT2D eigenvalue weighted by Crippen LogP contribution is 2.41. The lowest BCUT2D eigenvalue weighted by atomic mass is 9.97. The molecule has 1 aliphatic rings. The third kappa shape index (κ3) is 2.98. The molecule has 7 heteroatoms. The van der Waals surface area contributed by atoms with Gasteiger partial charge < -0.3 is 25.2 Å². The highest BCUT2D eigenvalue weighted by Gasteiger charge is 2.24. The molecule has 2 aromatic carbocycles. The van der Waals surface area contributed by atoms with Crippen molar-refractivity contribution in [1.29, 1.82) is 0 Å². The Balaban J connectivity index is 2.04. The molecule has 120 valence electrons. The lowest BCUT2D eigenvalue weighted by molar-refractivity contribution is 0.174. The number of phenols is 1. The molecule has 1 atom stereocenters. The maximum Gasteiger partial charge on any atom is 0.315 e. The molecule has 2 amide bonds. The van der Waals surface area contributed by atoms with E-state index in [0.717, 1.165) is 0 Å². The lowest BCUT2D eigenvalue weighted by Gasteiger charge is -2.21. The van der Waals surface area contributed by atoms with Gasteiger partial charge in [-0.1, -0.05) is 12.1 Å². The predicted molar refractivity (Wildman–Crippen MR) is 80.1 cm³/mol. The Morgan fingerprint density at radius 2 is 1.87 bits per heavy atom. The van der Waals surface area contributed by atoms with E-state index in [4.69, 9.17) is 9.47 Å². The highest BCUT2D eigenvalue weighted by molar-refractivity contribution is 5.75. The van der Waals surface area contributed by atoms with Crippen LogP contribution < -0.4 is 20.1 Å². The molecular formula is C16H15FN2O4. The van der Waals surface area contributed by atoms with Crippen LogP contribution in [0.2, 0.25) is 0 Å². The Bertz CT molecular complexity index is 734. The number of carbonyl (C=O) groups excluding carboxylic acids is 1. The minimum atomic E-state index is -0.676. The molecule has 0 radical (unpaired) electrons. The summed E-state index contributed by atoms with van der Waals surface area (Å²) in [6, 6.07) is 7.58. The van der Waals surface area contributed by atoms with Crippen molar-refractivity contribution in [2.45, 2.75) is 6.04 Å². The zero-order valence-corrected chi connectivity index (χ0v) is 12.3. The molecule has 0 fully saturated rings. The van der Waals surface area contributed by atoms with Gasteiger partial charge in [-0.05, 0) is 23.8 Å². The number of benzene rings is 2. The fourth-order valence-corrected chi connectivity index (χ4v) is 2.38. The van der Waals surface area contributed by atoms with Gasteiger partial charge >= 0.3 is 6.03 Å². The molecule has 0 spiro atoms. The maximum atomic E-state index is 13.2. The van der Waals surface area contributed by atoms with Crippen LogP contribution in [0, 0.1) is 5.82 Å². The fourth-order valence-electron chi connectivity index (χ4n) is 2.38. The average Bonchev–Trinajstić information content (AvgIpc) is 3.00. The molecule has 3 N–H and O–H groups in total. The molecule has 3 rings (SSSR count). The number of fused-ring (bicyclic) bond motifs is 1. The number of halogens is 1. The minimum absolute atomic E-state index is 0.0556. The van der Waals surface area contributed by atoms with Crippen molar-refractivity contribution in [3.8, 4) is 17.2 Å². The number of phenolic OH excluding ortho intramolecular Hbond substituents is 1. The van der Waals surface area contributed by atoms with Crippen molar-refractivity contribution in [3.63, 3.8) is 0 Å². The van der Waals surface area contributed by atoms with Crippen molar-refractivity contribution in [3.05, 3.63) is 53.3 Å². The van der Waals surface area contributed by atoms with Crippen LogP contribution in [-0.4, -0.2) is 25.0 Å². The van der Waals surface area contributed by atoms with E-state index in [1.54, 1.807) is 18.2 Å². The van der Waals surface area contributed by atoms with Gasteiger partial charge in [-0.3, -0.25) is 0 Å². The van der Waals surface area contributed by atoms with Gasteiger partial charge in [0.1, 0.15) is 11.6 Å². The summed E-state index contributed by atoms with van der Waals surface area (Å²) < 4.78 is 23.7. The molecule has 0 unspecified atom stereocenters. The summed E-state index contributed by atoms with van der Waals surface area (Å²) in [5, 5.41) is 15.4. The number of aromatic hydroxyl groups is 1. The van der Waals surface area contributed by atoms with E-state index >= 15 is 0 Å². The van der Waals surface area contributed by atoms with Crippen LogP contribution in [0.4, 0.5) is 9.18 Å². The number of carbonyl (C=O) groups is 1. The summed E-state index contributed by atoms with van der Waals surface area (Å²) in [5.41, 5.74) is 1.04. The summed E-state index contributed by atoms with van der Waals surface area (Å²) in [6.45, 7) is 0.0717. The summed E-state index contributed by atoms with van der Waals surface area (Å²) >= 11 is 0. The zero-order valence-electron chi connectivity index (χ0n) is 12.3. The van der Waals surface area contributed by atoms with E-state index in [2.05, 4.69) is 10.6 Å². The van der Waals surface area contributed by atoms with Crippen LogP contribution in [0.1, 0.15) is 17.2 Å². The zero-order chi connectivity index (χ0) is 16.4. The van der Waals surface area contributed by atoms with Crippen molar-refractivity contribution in [2.24, 2.45) is 0 Å². The van der Waals surface area contributed by atoms with E-state index in [0.29, 0.717) is 22.6 Å². The molecule has 1 aliphatic heterocycles. The first-order chi connectivity index (χ1) is 11.1. The first-order valence-corrected chi connectivity index (χ1v) is 6.94. The van der Waals surface area contributed by atoms with E-state index in [9.17, 15) is 14.3 Å². The standard InChI is InChI=1S/C16H15FN2O4/c1-18-16(21)19-15(9-2-4-10(17)5-3-9)11-6-13-14(7-12(11)20)23-8-22-13/h2-7,15,20H,8H2,1H3,(H2,18,19,21)/t15-/m1/s1. The van der Waals surface area contributed by atoms with Crippen molar-refractivity contribution in [2.75, 3.05) is 13.8 Å². The smallest absolute Gasteiger partial charge is 0.315 e. The van der Waals surface area contributed by atoms with Crippen LogP contribution in [0.5, 0.6) is 17.2 Å². The molecule has 2 aromatic rings. The fraction of sp³-hybridized carbons (Fsp3) is 0.188. The first kappa shape index (κ1) is 15.0. The number of nitrogens with one attached hydrogen (secondary N) is 2. The van der Waals surface area contributed by atoms with Crippen LogP contribution in [-0.2, 0) is 0 Å². The lowest BCUT2D eigenvalue weighted by Crippen LogP contribution is -2.36. The quantitative estimate of drug-likeness (QED) is 0.811. The maximum absolute atomic E-state index is 13.2. The largest absolute Gasteiger partial charge is 0.507 e. The Morgan fingerprint density at radius 3 is 2.52 bits per heavy atom. The normalized spacial score (nSPS) is 13.5. The number of amides is 2. The van der Waals surface area contributed by atoms with Crippen molar-refractivity contribution in [1.82, 2.24) is 10.6 Å². The SMILES string of the molecule is CNC(=O)N[C@H](c1ccc(F)cc1)c1cc2c(cc1O)OCO2. The monoisotopic (exact) mass is 318 g/mol. The third-order valence-corrected chi connectivity index (χ3v) is 3.54. The van der Waals surface area contributed by atoms with Gasteiger partial charge in [-0.25, -0.2) is 9.18 Å². The summed E-state index contributed by atoms with van der Waals surface area (Å²) in [5.74, 6) is 0.468. The number of hydrogen-bond acceptors (Lipinski definition) is 4. The number of hydrogen-bond donors (Lipinski definition) is 3. The molecule has 0 aliphatic carbocycles. The van der Waals surface area contributed by atoms with E-state index in [1.165, 1.54) is 25.2 Å². The summed E-state index contributed by atoms with van der Waals surface area (Å²) in [4.78, 5) is 11.7. The predicted octanol–water partition coefficient (Wildman–Crippen LogP) is 2.28. The highest BCUT2D eigenvalue weighted by atomic mass is 19.1. The van der Waals surface area contributed by atoms with Gasteiger partial charge in [-0.15, -0.1) is 0 Å². The van der Waals surface area contributed by atoms with Crippen LogP contribution in [0.3, 0.4) is 0 Å². The second-order valence-corrected chi connectivity index (χ2v) is 4.97. The molecule has 6 nitrogen and oxygen atoms in total. The van der Waals surface area contributed by atoms with Crippen molar-refractivity contribution < 1.29 is 23.8 Å². The second-order valence-electron chi connectivity index (χ2n) is 4.97. The Morgan fingerprint density at radius 1 is 1.22 bits per heavy atom. The van der Waals surface area contributed by atoms with Crippen molar-refractivity contribution >= 4 is 6.03 Å². The topological polar surface area (TPSA) is 79.8 Å². The van der Waals surface area contributed by atoms with Gasteiger partial charge in [0.2, 0.25) is 6.79 Å². The second kappa shape index (κ2) is 6.04. The van der Waals surface area contributed by atoms with Crippen LogP contribution in [0.15, 0.2) is 36.4 Å². The third-order valence-electron chi connectivity index (χ3n) is 3.54. The Labute approximate surface area is 131 Å². The average molecular weight is 318 g/mol. The van der Waals surface area contributed by atoms with Gasteiger partial charge in [0.15, 0.2) is 11.5 Å². The summed E-state index contributed by atoms with van der Waals surface area (Å²) in [6.07, 6.45) is 0. The molecule has 0 bridgehead atoms. The summed E-state index contributed by atoms with van der Waals surface area (Å²) in [7, 11) is 1.48. The first-order valence-electron chi connectivity index (χ1n) is 6.94. The molecule has 0 saturated carbocycles. The van der Waals surface area contributed by atoms with Crippen LogP contribution in [0.25, 0.3) is 0 Å². The molecule has 0 saturated heterocycles. The van der Waals surface area contributed by atoms with Gasteiger partial charge in [0.05, 0.1) is 6.04 Å². The number of ether oxygens (including phenoxy) is 2. The van der Waals surface area contributed by atoms with Gasteiger partial charge in [-0.2, -0.15) is 0 Å². The molecule has 23 heavy (non-hydrogen) atoms. The van der Waals surface area contributed by atoms with Gasteiger partial charge in [0.25, 0.3) is 0 Å². The van der Waals surface area contributed by atoms with E-state index < -0.39 is 12.1 Å². The minimum Gasteiger partial charge on any atom is -0.507 e. The van der Waals surface area contributed by atoms with E-state index in [1.807, 2.05) is 0 Å². The Hall–Kier alpha value is -2.96. The van der Waals surface area contributed by atoms with Crippen LogP contribution >= 0.6 is 0 Å². The van der Waals surface area contributed by atoms with E-state index in [-0.39, 0.29) is 18.4 Å². The molecule has 0 aromatic heterocycles. The number of urea groups is 1.